The first-order valence-corrected chi connectivity index (χ1v) is 7.25. The minimum Gasteiger partial charge on any atom is -0.345 e. The van der Waals surface area contributed by atoms with Gasteiger partial charge in [0.1, 0.15) is 5.82 Å². The molecule has 0 radical (unpaired) electrons. The van der Waals surface area contributed by atoms with E-state index >= 15 is 0 Å². The van der Waals surface area contributed by atoms with Crippen molar-refractivity contribution in [3.63, 3.8) is 0 Å². The lowest BCUT2D eigenvalue weighted by molar-refractivity contribution is 0.792. The summed E-state index contributed by atoms with van der Waals surface area (Å²) >= 11 is 3.32. The van der Waals surface area contributed by atoms with Crippen molar-refractivity contribution in [1.29, 1.82) is 0 Å². The second-order valence-electron chi connectivity index (χ2n) is 4.46. The molecule has 0 N–H and O–H groups in total. The van der Waals surface area contributed by atoms with E-state index < -0.39 is 0 Å². The largest absolute Gasteiger partial charge is 0.345 e. The number of anilines is 1. The molecule has 0 bridgehead atoms. The first-order chi connectivity index (χ1) is 8.06. The van der Waals surface area contributed by atoms with E-state index in [9.17, 15) is 0 Å². The van der Waals surface area contributed by atoms with Gasteiger partial charge >= 0.3 is 0 Å². The molecule has 92 valence electrons. The Morgan fingerprint density at radius 2 is 2.12 bits per heavy atom. The van der Waals surface area contributed by atoms with Gasteiger partial charge in [0.15, 0.2) is 0 Å². The van der Waals surface area contributed by atoms with E-state index in [0.29, 0.717) is 5.92 Å². The fraction of sp³-hybridized carbons (Fsp3) is 0.500. The normalized spacial score (nSPS) is 11.1. The molecule has 0 unspecified atom stereocenters. The fourth-order valence-corrected chi connectivity index (χ4v) is 3.20. The van der Waals surface area contributed by atoms with Gasteiger partial charge in [-0.3, -0.25) is 0 Å². The summed E-state index contributed by atoms with van der Waals surface area (Å²) in [6.07, 6.45) is 0. The molecule has 0 fully saturated rings. The van der Waals surface area contributed by atoms with Gasteiger partial charge in [0.25, 0.3) is 0 Å². The third-order valence-electron chi connectivity index (χ3n) is 2.46. The van der Waals surface area contributed by atoms with Crippen LogP contribution in [0, 0.1) is 6.92 Å². The summed E-state index contributed by atoms with van der Waals surface area (Å²) in [6, 6.07) is 4.34. The summed E-state index contributed by atoms with van der Waals surface area (Å²) in [6.45, 7) is 7.28. The highest BCUT2D eigenvalue weighted by molar-refractivity contribution is 7.12. The molecule has 0 aliphatic heterocycles. The van der Waals surface area contributed by atoms with Crippen LogP contribution >= 0.6 is 22.9 Å². The fourth-order valence-electron chi connectivity index (χ4n) is 1.49. The topological polar surface area (TPSA) is 29.0 Å². The Morgan fingerprint density at radius 1 is 1.35 bits per heavy atom. The van der Waals surface area contributed by atoms with Crippen molar-refractivity contribution in [2.45, 2.75) is 33.2 Å². The van der Waals surface area contributed by atoms with Gasteiger partial charge in [-0.1, -0.05) is 13.8 Å². The number of aromatic nitrogens is 2. The summed E-state index contributed by atoms with van der Waals surface area (Å²) < 4.78 is 4.38. The SMILES string of the molecule is Cc1ccc(CN(C)c2nc(C(C)C)ns2)s1. The summed E-state index contributed by atoms with van der Waals surface area (Å²) in [4.78, 5) is 9.43. The van der Waals surface area contributed by atoms with Crippen molar-refractivity contribution in [3.05, 3.63) is 27.7 Å². The third-order valence-corrected chi connectivity index (χ3v) is 4.29. The maximum Gasteiger partial charge on any atom is 0.205 e. The van der Waals surface area contributed by atoms with Gasteiger partial charge in [0.2, 0.25) is 5.13 Å². The van der Waals surface area contributed by atoms with Gasteiger partial charge in [0.05, 0.1) is 6.54 Å². The number of hydrogen-bond acceptors (Lipinski definition) is 5. The maximum atomic E-state index is 4.55. The highest BCUT2D eigenvalue weighted by Gasteiger charge is 2.11. The lowest BCUT2D eigenvalue weighted by Gasteiger charge is -2.13. The number of nitrogens with zero attached hydrogens (tertiary/aromatic N) is 3. The van der Waals surface area contributed by atoms with Crippen LogP contribution in [0.1, 0.15) is 35.3 Å². The third kappa shape index (κ3) is 3.04. The molecule has 3 nitrogen and oxygen atoms in total. The van der Waals surface area contributed by atoms with Gasteiger partial charge < -0.3 is 4.90 Å². The molecular formula is C12H17N3S2. The molecule has 0 amide bonds. The molecule has 0 spiro atoms. The average Bonchev–Trinajstić information content (AvgIpc) is 2.86. The van der Waals surface area contributed by atoms with Crippen LogP contribution in [-0.2, 0) is 6.54 Å². The quantitative estimate of drug-likeness (QED) is 0.846. The Morgan fingerprint density at radius 3 is 2.65 bits per heavy atom. The van der Waals surface area contributed by atoms with E-state index in [1.54, 1.807) is 0 Å². The van der Waals surface area contributed by atoms with Crippen molar-refractivity contribution in [3.8, 4) is 0 Å². The van der Waals surface area contributed by atoms with E-state index in [1.807, 2.05) is 11.3 Å². The van der Waals surface area contributed by atoms with E-state index in [2.05, 4.69) is 54.2 Å². The molecule has 0 atom stereocenters. The Kier molecular flexibility index (Phi) is 3.79. The molecule has 5 heteroatoms. The van der Waals surface area contributed by atoms with E-state index in [4.69, 9.17) is 0 Å². The lowest BCUT2D eigenvalue weighted by Crippen LogP contribution is -2.15. The summed E-state index contributed by atoms with van der Waals surface area (Å²) in [5.41, 5.74) is 0. The van der Waals surface area contributed by atoms with Crippen LogP contribution in [0.4, 0.5) is 5.13 Å². The van der Waals surface area contributed by atoms with Crippen molar-refractivity contribution in [2.75, 3.05) is 11.9 Å². The second kappa shape index (κ2) is 5.14. The Labute approximate surface area is 110 Å². The maximum absolute atomic E-state index is 4.55. The molecule has 2 rings (SSSR count). The summed E-state index contributed by atoms with van der Waals surface area (Å²) in [7, 11) is 2.07. The number of hydrogen-bond donors (Lipinski definition) is 0. The van der Waals surface area contributed by atoms with Crippen molar-refractivity contribution < 1.29 is 0 Å². The predicted molar refractivity (Wildman–Crippen MR) is 75.2 cm³/mol. The highest BCUT2D eigenvalue weighted by Crippen LogP contribution is 2.23. The molecule has 0 aromatic carbocycles. The monoisotopic (exact) mass is 267 g/mol. The lowest BCUT2D eigenvalue weighted by atomic mass is 10.2. The number of rotatable bonds is 4. The zero-order valence-corrected chi connectivity index (χ0v) is 12.2. The summed E-state index contributed by atoms with van der Waals surface area (Å²) in [5.74, 6) is 1.34. The standard InChI is InChI=1S/C12H17N3S2/c1-8(2)11-13-12(17-14-11)15(4)7-10-6-5-9(3)16-10/h5-6,8H,7H2,1-4H3. The molecule has 17 heavy (non-hydrogen) atoms. The van der Waals surface area contributed by atoms with E-state index in [0.717, 1.165) is 17.5 Å². The van der Waals surface area contributed by atoms with Gasteiger partial charge in [-0.15, -0.1) is 11.3 Å². The zero-order valence-electron chi connectivity index (χ0n) is 10.6. The average molecular weight is 267 g/mol. The van der Waals surface area contributed by atoms with Crippen LogP contribution in [0.15, 0.2) is 12.1 Å². The number of aryl methyl sites for hydroxylation is 1. The molecular weight excluding hydrogens is 250 g/mol. The van der Waals surface area contributed by atoms with Crippen LogP contribution in [0.2, 0.25) is 0 Å². The smallest absolute Gasteiger partial charge is 0.205 e. The van der Waals surface area contributed by atoms with E-state index in [1.165, 1.54) is 21.3 Å². The van der Waals surface area contributed by atoms with Gasteiger partial charge in [-0.05, 0) is 19.1 Å². The first kappa shape index (κ1) is 12.5. The highest BCUT2D eigenvalue weighted by atomic mass is 32.1. The van der Waals surface area contributed by atoms with Crippen LogP contribution in [0.5, 0.6) is 0 Å². The Bertz CT molecular complexity index is 487. The van der Waals surface area contributed by atoms with Crippen LogP contribution in [-0.4, -0.2) is 16.4 Å². The van der Waals surface area contributed by atoms with Crippen molar-refractivity contribution in [1.82, 2.24) is 9.36 Å². The molecule has 0 saturated carbocycles. The van der Waals surface area contributed by atoms with Gasteiger partial charge in [0, 0.05) is 34.3 Å². The van der Waals surface area contributed by atoms with Crippen LogP contribution < -0.4 is 4.90 Å². The van der Waals surface area contributed by atoms with Gasteiger partial charge in [-0.2, -0.15) is 4.37 Å². The second-order valence-corrected chi connectivity index (χ2v) is 6.56. The zero-order chi connectivity index (χ0) is 12.4. The molecule has 2 heterocycles. The van der Waals surface area contributed by atoms with Crippen molar-refractivity contribution in [2.24, 2.45) is 0 Å². The summed E-state index contributed by atoms with van der Waals surface area (Å²) in [5, 5.41) is 1.000. The van der Waals surface area contributed by atoms with Gasteiger partial charge in [-0.25, -0.2) is 4.98 Å². The van der Waals surface area contributed by atoms with Crippen molar-refractivity contribution >= 4 is 28.0 Å². The Hall–Kier alpha value is -0.940. The molecule has 2 aromatic rings. The molecule has 2 aromatic heterocycles. The minimum atomic E-state index is 0.400. The molecule has 0 aliphatic rings. The van der Waals surface area contributed by atoms with Crippen LogP contribution in [0.3, 0.4) is 0 Å². The molecule has 0 aliphatic carbocycles. The first-order valence-electron chi connectivity index (χ1n) is 5.66. The van der Waals surface area contributed by atoms with E-state index in [-0.39, 0.29) is 0 Å². The predicted octanol–water partition coefficient (Wildman–Crippen LogP) is 3.67. The number of thiophene rings is 1. The molecule has 0 saturated heterocycles. The van der Waals surface area contributed by atoms with Crippen LogP contribution in [0.25, 0.3) is 0 Å². The Balaban J connectivity index is 2.06. The minimum absolute atomic E-state index is 0.400.